The molecule has 0 aromatic heterocycles. The summed E-state index contributed by atoms with van der Waals surface area (Å²) in [5, 5.41) is 3.23. The van der Waals surface area contributed by atoms with E-state index in [1.807, 2.05) is 20.0 Å². The van der Waals surface area contributed by atoms with E-state index in [-0.39, 0.29) is 10.8 Å². The van der Waals surface area contributed by atoms with E-state index in [1.165, 1.54) is 12.1 Å². The Morgan fingerprint density at radius 1 is 1.07 bits per heavy atom. The molecule has 0 bridgehead atoms. The van der Waals surface area contributed by atoms with E-state index in [0.717, 1.165) is 18.4 Å². The fourth-order valence-electron chi connectivity index (χ4n) is 3.27. The third-order valence-corrected chi connectivity index (χ3v) is 6.23. The van der Waals surface area contributed by atoms with Crippen LogP contribution in [-0.2, 0) is 10.0 Å². The number of piperidine rings is 1. The molecule has 1 heterocycles. The molecule has 144 valence electrons. The van der Waals surface area contributed by atoms with Crippen LogP contribution in [0.25, 0.3) is 0 Å². The van der Waals surface area contributed by atoms with Gasteiger partial charge in [-0.1, -0.05) is 18.2 Å². The fraction of sp³-hybridized carbons (Fsp3) is 0.350. The lowest BCUT2D eigenvalue weighted by Gasteiger charge is -2.31. The van der Waals surface area contributed by atoms with Crippen molar-refractivity contribution < 1.29 is 13.2 Å². The number of sulfonamides is 1. The van der Waals surface area contributed by atoms with E-state index < -0.39 is 10.0 Å². The van der Waals surface area contributed by atoms with Gasteiger partial charge in [-0.25, -0.2) is 8.42 Å². The summed E-state index contributed by atoms with van der Waals surface area (Å²) in [4.78, 5) is 14.6. The average molecular weight is 388 g/mol. The predicted molar refractivity (Wildman–Crippen MR) is 106 cm³/mol. The van der Waals surface area contributed by atoms with Crippen LogP contribution in [0.5, 0.6) is 0 Å². The Kier molecular flexibility index (Phi) is 5.82. The molecule has 0 unspecified atom stereocenters. The fourth-order valence-corrected chi connectivity index (χ4v) is 4.37. The Bertz CT molecular complexity index is 920. The molecule has 0 spiro atoms. The van der Waals surface area contributed by atoms with Crippen molar-refractivity contribution in [2.24, 2.45) is 0 Å². The number of carbonyl (C=O) groups is 1. The minimum absolute atomic E-state index is 0.0833. The predicted octanol–water partition coefficient (Wildman–Crippen LogP) is 2.62. The Morgan fingerprint density at radius 2 is 1.78 bits per heavy atom. The first-order chi connectivity index (χ1) is 12.9. The lowest BCUT2D eigenvalue weighted by atomic mass is 10.0. The highest BCUT2D eigenvalue weighted by Gasteiger charge is 2.24. The van der Waals surface area contributed by atoms with Crippen molar-refractivity contribution in [2.45, 2.75) is 30.7 Å². The molecular weight excluding hydrogens is 362 g/mol. The third-order valence-electron chi connectivity index (χ3n) is 4.85. The smallest absolute Gasteiger partial charge is 0.261 e. The molecule has 1 saturated heterocycles. The number of likely N-dealkylation sites (tertiary alicyclic amines) is 1. The van der Waals surface area contributed by atoms with E-state index in [9.17, 15) is 13.2 Å². The molecule has 27 heavy (non-hydrogen) atoms. The Hall–Kier alpha value is -2.38. The maximum atomic E-state index is 12.8. The summed E-state index contributed by atoms with van der Waals surface area (Å²) in [5.41, 5.74) is 1.86. The summed E-state index contributed by atoms with van der Waals surface area (Å²) in [7, 11) is -1.83. The SMILES string of the molecule is CNC1CCN(C(=O)c2cccc(S(=O)(=O)Nc3cccc(C)c3)c2)CC1. The number of benzene rings is 2. The highest BCUT2D eigenvalue weighted by Crippen LogP contribution is 2.20. The zero-order chi connectivity index (χ0) is 19.4. The number of rotatable bonds is 5. The lowest BCUT2D eigenvalue weighted by molar-refractivity contribution is 0.0707. The largest absolute Gasteiger partial charge is 0.339 e. The molecule has 0 saturated carbocycles. The van der Waals surface area contributed by atoms with Crippen LogP contribution in [0.3, 0.4) is 0 Å². The van der Waals surface area contributed by atoms with Crippen molar-refractivity contribution in [3.05, 3.63) is 59.7 Å². The van der Waals surface area contributed by atoms with Crippen molar-refractivity contribution in [1.82, 2.24) is 10.2 Å². The second-order valence-corrected chi connectivity index (χ2v) is 8.54. The van der Waals surface area contributed by atoms with Crippen molar-refractivity contribution >= 4 is 21.6 Å². The van der Waals surface area contributed by atoms with Crippen LogP contribution in [0.2, 0.25) is 0 Å². The van der Waals surface area contributed by atoms with Gasteiger partial charge in [-0.3, -0.25) is 9.52 Å². The van der Waals surface area contributed by atoms with Crippen LogP contribution in [-0.4, -0.2) is 45.4 Å². The number of anilines is 1. The number of nitrogens with one attached hydrogen (secondary N) is 2. The van der Waals surface area contributed by atoms with Crippen LogP contribution in [0.15, 0.2) is 53.4 Å². The highest BCUT2D eigenvalue weighted by molar-refractivity contribution is 7.92. The van der Waals surface area contributed by atoms with Crippen molar-refractivity contribution in [3.63, 3.8) is 0 Å². The molecule has 1 aliphatic heterocycles. The normalized spacial score (nSPS) is 15.6. The molecule has 3 rings (SSSR count). The van der Waals surface area contributed by atoms with Crippen LogP contribution in [0.4, 0.5) is 5.69 Å². The van der Waals surface area contributed by atoms with Gasteiger partial charge in [0, 0.05) is 30.4 Å². The first-order valence-electron chi connectivity index (χ1n) is 9.05. The van der Waals surface area contributed by atoms with Gasteiger partial charge >= 0.3 is 0 Å². The summed E-state index contributed by atoms with van der Waals surface area (Å²) < 4.78 is 28.0. The Morgan fingerprint density at radius 3 is 2.44 bits per heavy atom. The van der Waals surface area contributed by atoms with Crippen LogP contribution >= 0.6 is 0 Å². The molecule has 1 fully saturated rings. The molecule has 7 heteroatoms. The molecule has 2 aromatic rings. The zero-order valence-corrected chi connectivity index (χ0v) is 16.4. The van der Waals surface area contributed by atoms with Crippen molar-refractivity contribution in [3.8, 4) is 0 Å². The Balaban J connectivity index is 1.77. The zero-order valence-electron chi connectivity index (χ0n) is 15.6. The standard InChI is InChI=1S/C20H25N3O3S/c1-15-5-3-7-18(13-15)22-27(25,26)19-8-4-6-16(14-19)20(24)23-11-9-17(21-2)10-12-23/h3-8,13-14,17,21-22H,9-12H2,1-2H3. The first-order valence-corrected chi connectivity index (χ1v) is 10.5. The topological polar surface area (TPSA) is 78.5 Å². The number of aryl methyl sites for hydroxylation is 1. The van der Waals surface area contributed by atoms with Gasteiger partial charge in [-0.05, 0) is 62.7 Å². The van der Waals surface area contributed by atoms with Gasteiger partial charge in [0.05, 0.1) is 4.90 Å². The summed E-state index contributed by atoms with van der Waals surface area (Å²) in [6.45, 7) is 3.24. The minimum atomic E-state index is -3.76. The van der Waals surface area contributed by atoms with Crippen LogP contribution < -0.4 is 10.0 Å². The van der Waals surface area contributed by atoms with Gasteiger partial charge in [-0.2, -0.15) is 0 Å². The molecule has 1 amide bonds. The molecule has 0 aliphatic carbocycles. The van der Waals surface area contributed by atoms with Crippen LogP contribution in [0, 0.1) is 6.92 Å². The van der Waals surface area contributed by atoms with E-state index in [1.54, 1.807) is 35.2 Å². The second kappa shape index (κ2) is 8.10. The lowest BCUT2D eigenvalue weighted by Crippen LogP contribution is -2.44. The summed E-state index contributed by atoms with van der Waals surface area (Å²) in [6.07, 6.45) is 1.80. The van der Waals surface area contributed by atoms with Crippen molar-refractivity contribution in [2.75, 3.05) is 24.9 Å². The third kappa shape index (κ3) is 4.67. The maximum absolute atomic E-state index is 12.8. The van der Waals surface area contributed by atoms with Crippen molar-refractivity contribution in [1.29, 1.82) is 0 Å². The van der Waals surface area contributed by atoms with Gasteiger partial charge < -0.3 is 10.2 Å². The van der Waals surface area contributed by atoms with Gasteiger partial charge in [0.2, 0.25) is 0 Å². The summed E-state index contributed by atoms with van der Waals surface area (Å²) in [5.74, 6) is -0.128. The highest BCUT2D eigenvalue weighted by atomic mass is 32.2. The minimum Gasteiger partial charge on any atom is -0.339 e. The molecule has 2 aromatic carbocycles. The van der Waals surface area contributed by atoms with E-state index in [4.69, 9.17) is 0 Å². The summed E-state index contributed by atoms with van der Waals surface area (Å²) in [6, 6.07) is 13.8. The van der Waals surface area contributed by atoms with Gasteiger partial charge in [0.1, 0.15) is 0 Å². The number of nitrogens with zero attached hydrogens (tertiary/aromatic N) is 1. The maximum Gasteiger partial charge on any atom is 0.261 e. The van der Waals surface area contributed by atoms with E-state index in [2.05, 4.69) is 10.0 Å². The average Bonchev–Trinajstić information content (AvgIpc) is 2.67. The quantitative estimate of drug-likeness (QED) is 0.827. The molecule has 1 aliphatic rings. The first kappa shape index (κ1) is 19.4. The number of carbonyl (C=O) groups excluding carboxylic acids is 1. The van der Waals surface area contributed by atoms with Gasteiger partial charge in [-0.15, -0.1) is 0 Å². The van der Waals surface area contributed by atoms with E-state index >= 15 is 0 Å². The molecule has 2 N–H and O–H groups in total. The molecule has 6 nitrogen and oxygen atoms in total. The monoisotopic (exact) mass is 387 g/mol. The number of hydrogen-bond acceptors (Lipinski definition) is 4. The molecule has 0 atom stereocenters. The number of hydrogen-bond donors (Lipinski definition) is 2. The molecule has 0 radical (unpaired) electrons. The summed E-state index contributed by atoms with van der Waals surface area (Å²) >= 11 is 0. The van der Waals surface area contributed by atoms with E-state index in [0.29, 0.717) is 30.4 Å². The van der Waals surface area contributed by atoms with Gasteiger partial charge in [0.25, 0.3) is 15.9 Å². The molecular formula is C20H25N3O3S. The van der Waals surface area contributed by atoms with Crippen LogP contribution in [0.1, 0.15) is 28.8 Å². The second-order valence-electron chi connectivity index (χ2n) is 6.86. The Labute approximate surface area is 160 Å². The number of amides is 1. The van der Waals surface area contributed by atoms with Gasteiger partial charge in [0.15, 0.2) is 0 Å².